The van der Waals surface area contributed by atoms with Crippen LogP contribution >= 0.6 is 0 Å². The molecule has 0 saturated heterocycles. The molecule has 14 heteroatoms. The van der Waals surface area contributed by atoms with Gasteiger partial charge in [0, 0.05) is 29.1 Å². The molecule has 13 nitrogen and oxygen atoms in total. The number of phenols is 1. The Morgan fingerprint density at radius 3 is 2.25 bits per heavy atom. The van der Waals surface area contributed by atoms with Crippen molar-refractivity contribution in [3.8, 4) is 5.75 Å². The lowest BCUT2D eigenvalue weighted by Gasteiger charge is -2.52. The molecule has 0 aromatic heterocycles. The molecule has 1 saturated carbocycles. The van der Waals surface area contributed by atoms with Crippen molar-refractivity contribution in [1.82, 2.24) is 9.80 Å². The number of carbonyl (C=O) groups is 4. The fourth-order valence-electron chi connectivity index (χ4n) is 6.83. The molecule has 5 atom stereocenters. The number of urea groups is 1. The number of ketones is 2. The Morgan fingerprint density at radius 2 is 1.66 bits per heavy atom. The molecule has 0 aliphatic heterocycles. The number of nitrogens with zero attached hydrogens (tertiary/aromatic N) is 2. The molecule has 0 heterocycles. The van der Waals surface area contributed by atoms with E-state index >= 15 is 0 Å². The third-order valence-corrected chi connectivity index (χ3v) is 8.59. The zero-order valence-corrected chi connectivity index (χ0v) is 24.3. The van der Waals surface area contributed by atoms with Gasteiger partial charge in [0.1, 0.15) is 28.7 Å². The van der Waals surface area contributed by atoms with E-state index in [0.717, 1.165) is 6.07 Å². The van der Waals surface area contributed by atoms with Crippen molar-refractivity contribution < 1.29 is 44.0 Å². The molecule has 3 aliphatic carbocycles. The summed E-state index contributed by atoms with van der Waals surface area (Å²) in [6.07, 6.45) is -0.0919. The standard InChI is InChI=1S/C30H32FN5O8/c1-35(2)21-14-8-9-17(34-29(43)33-13-7-5-6-12(31)10-13)23(37)18(14)24(38)19-15(21)11-16-22(36(3)4)25(39)20(28(32)42)27(41)30(16,44)26(19)40/h5-10,15-16,21-22,37-38,41,44H,11H2,1-4H3,(H2,32,42)(H2,33,34,43)/t15?,16?,21?,22-,30-/m0/s1. The van der Waals surface area contributed by atoms with E-state index in [-0.39, 0.29) is 28.9 Å². The Kier molecular flexibility index (Phi) is 7.48. The van der Waals surface area contributed by atoms with E-state index in [0.29, 0.717) is 5.56 Å². The number of fused-ring (bicyclic) bond motifs is 3. The van der Waals surface area contributed by atoms with Crippen LogP contribution in [0.1, 0.15) is 23.6 Å². The van der Waals surface area contributed by atoms with Gasteiger partial charge in [0.25, 0.3) is 5.91 Å². The minimum absolute atomic E-state index is 0.0919. The molecule has 232 valence electrons. The number of hydrogen-bond acceptors (Lipinski definition) is 10. The van der Waals surface area contributed by atoms with Gasteiger partial charge in [-0.3, -0.25) is 19.3 Å². The summed E-state index contributed by atoms with van der Waals surface area (Å²) >= 11 is 0. The predicted molar refractivity (Wildman–Crippen MR) is 156 cm³/mol. The number of aromatic hydroxyl groups is 1. The molecule has 1 fully saturated rings. The number of halogens is 1. The van der Waals surface area contributed by atoms with Crippen LogP contribution < -0.4 is 16.4 Å². The molecule has 8 N–H and O–H groups in total. The van der Waals surface area contributed by atoms with E-state index in [1.54, 1.807) is 25.1 Å². The number of aliphatic hydroxyl groups is 3. The molecule has 3 aliphatic rings. The van der Waals surface area contributed by atoms with Crippen molar-refractivity contribution in [2.45, 2.75) is 24.1 Å². The summed E-state index contributed by atoms with van der Waals surface area (Å²) in [6, 6.07) is 5.34. The molecular weight excluding hydrogens is 577 g/mol. The van der Waals surface area contributed by atoms with Crippen LogP contribution in [-0.4, -0.2) is 93.6 Å². The third-order valence-electron chi connectivity index (χ3n) is 8.59. The van der Waals surface area contributed by atoms with Gasteiger partial charge in [0.05, 0.1) is 17.3 Å². The van der Waals surface area contributed by atoms with E-state index < -0.39 is 81.7 Å². The van der Waals surface area contributed by atoms with Crippen LogP contribution in [0, 0.1) is 17.7 Å². The second-order valence-corrected chi connectivity index (χ2v) is 11.6. The van der Waals surface area contributed by atoms with E-state index in [1.807, 2.05) is 0 Å². The van der Waals surface area contributed by atoms with Crippen molar-refractivity contribution in [3.05, 3.63) is 70.2 Å². The van der Waals surface area contributed by atoms with E-state index in [1.165, 1.54) is 43.3 Å². The quantitative estimate of drug-likeness (QED) is 0.193. The first-order chi connectivity index (χ1) is 20.6. The maximum atomic E-state index is 14.2. The van der Waals surface area contributed by atoms with Crippen LogP contribution in [0.15, 0.2) is 53.3 Å². The predicted octanol–water partition coefficient (Wildman–Crippen LogP) is 1.81. The normalized spacial score (nSPS) is 26.4. The number of primary amides is 1. The molecule has 0 spiro atoms. The Balaban J connectivity index is 1.64. The number of phenolic OH excluding ortho intramolecular Hbond substituents is 1. The highest BCUT2D eigenvalue weighted by Gasteiger charge is 2.65. The highest BCUT2D eigenvalue weighted by atomic mass is 19.1. The minimum Gasteiger partial charge on any atom is -0.508 e. The highest BCUT2D eigenvalue weighted by molar-refractivity contribution is 6.24. The zero-order chi connectivity index (χ0) is 32.4. The van der Waals surface area contributed by atoms with E-state index in [4.69, 9.17) is 5.73 Å². The number of hydrogen-bond donors (Lipinski definition) is 7. The summed E-state index contributed by atoms with van der Waals surface area (Å²) in [5.74, 6) is -8.48. The average Bonchev–Trinajstić information content (AvgIpc) is 2.91. The third kappa shape index (κ3) is 4.49. The van der Waals surface area contributed by atoms with Crippen LogP contribution in [0.5, 0.6) is 5.75 Å². The van der Waals surface area contributed by atoms with Crippen LogP contribution in [0.25, 0.3) is 5.76 Å². The zero-order valence-electron chi connectivity index (χ0n) is 24.3. The van der Waals surface area contributed by atoms with Crippen LogP contribution in [0.3, 0.4) is 0 Å². The smallest absolute Gasteiger partial charge is 0.323 e. The van der Waals surface area contributed by atoms with Crippen molar-refractivity contribution in [3.63, 3.8) is 0 Å². The van der Waals surface area contributed by atoms with Crippen LogP contribution in [-0.2, 0) is 14.4 Å². The maximum Gasteiger partial charge on any atom is 0.323 e. The summed E-state index contributed by atoms with van der Waals surface area (Å²) in [7, 11) is 6.45. The van der Waals surface area contributed by atoms with Gasteiger partial charge in [-0.05, 0) is 64.4 Å². The summed E-state index contributed by atoms with van der Waals surface area (Å²) in [5, 5.41) is 50.6. The van der Waals surface area contributed by atoms with Gasteiger partial charge in [-0.2, -0.15) is 0 Å². The lowest BCUT2D eigenvalue weighted by molar-refractivity contribution is -0.154. The lowest BCUT2D eigenvalue weighted by atomic mass is 9.56. The fourth-order valence-corrected chi connectivity index (χ4v) is 6.83. The number of likely N-dealkylation sites (N-methyl/N-ethyl adjacent to an activating group) is 1. The molecular formula is C30H32FN5O8. The first-order valence-corrected chi connectivity index (χ1v) is 13.6. The molecule has 3 unspecified atom stereocenters. The highest BCUT2D eigenvalue weighted by Crippen LogP contribution is 2.57. The first-order valence-electron chi connectivity index (χ1n) is 13.6. The Hall–Kier alpha value is -4.79. The summed E-state index contributed by atoms with van der Waals surface area (Å²) < 4.78 is 13.6. The molecule has 2 aromatic rings. The van der Waals surface area contributed by atoms with Crippen molar-refractivity contribution in [1.29, 1.82) is 0 Å². The Morgan fingerprint density at radius 1 is 1.00 bits per heavy atom. The molecule has 5 rings (SSSR count). The number of amides is 3. The second-order valence-electron chi connectivity index (χ2n) is 11.6. The fraction of sp³-hybridized carbons (Fsp3) is 0.333. The van der Waals surface area contributed by atoms with Gasteiger partial charge in [0.15, 0.2) is 11.4 Å². The lowest BCUT2D eigenvalue weighted by Crippen LogP contribution is -2.66. The van der Waals surface area contributed by atoms with Gasteiger partial charge in [-0.1, -0.05) is 12.1 Å². The Bertz CT molecular complexity index is 1690. The first kappa shape index (κ1) is 30.7. The summed E-state index contributed by atoms with van der Waals surface area (Å²) in [6.45, 7) is 0. The number of benzene rings is 2. The number of Topliss-reactive ketones (excluding diaryl/α,β-unsaturated/α-hetero) is 2. The average molecular weight is 610 g/mol. The number of aliphatic hydroxyl groups excluding tert-OH is 2. The number of rotatable bonds is 5. The summed E-state index contributed by atoms with van der Waals surface area (Å²) in [5.41, 5.74) is 1.49. The molecule has 44 heavy (non-hydrogen) atoms. The van der Waals surface area contributed by atoms with Gasteiger partial charge in [-0.25, -0.2) is 9.18 Å². The molecule has 2 aromatic carbocycles. The number of carbonyl (C=O) groups excluding carboxylic acids is 4. The maximum absolute atomic E-state index is 14.2. The number of nitrogens with two attached hydrogens (primary N) is 1. The number of anilines is 2. The van der Waals surface area contributed by atoms with Gasteiger partial charge in [-0.15, -0.1) is 0 Å². The topological polar surface area (TPSA) is 206 Å². The number of nitrogens with one attached hydrogen (secondary N) is 2. The van der Waals surface area contributed by atoms with Gasteiger partial charge < -0.3 is 41.7 Å². The van der Waals surface area contributed by atoms with Crippen LogP contribution in [0.2, 0.25) is 0 Å². The molecule has 0 bridgehead atoms. The second kappa shape index (κ2) is 10.7. The van der Waals surface area contributed by atoms with Crippen molar-refractivity contribution >= 4 is 40.6 Å². The minimum atomic E-state index is -2.79. The molecule has 0 radical (unpaired) electrons. The van der Waals surface area contributed by atoms with Gasteiger partial charge in [0.2, 0.25) is 5.78 Å². The SMILES string of the molecule is CN(C)C1c2ccc(NC(=O)Nc3cccc(F)c3)c(O)c2C(O)=C2C(=O)[C@]3(O)C(O)=C(C(N)=O)C(=O)[C@@H](N(C)C)C3CC21. The van der Waals surface area contributed by atoms with Crippen molar-refractivity contribution in [2.24, 2.45) is 17.6 Å². The largest absolute Gasteiger partial charge is 0.508 e. The molecule has 3 amide bonds. The van der Waals surface area contributed by atoms with E-state index in [9.17, 15) is 44.0 Å². The monoisotopic (exact) mass is 609 g/mol. The Labute approximate surface area is 251 Å². The van der Waals surface area contributed by atoms with E-state index in [2.05, 4.69) is 10.6 Å². The summed E-state index contributed by atoms with van der Waals surface area (Å²) in [4.78, 5) is 55.5. The van der Waals surface area contributed by atoms with Gasteiger partial charge >= 0.3 is 6.03 Å². The van der Waals surface area contributed by atoms with Crippen molar-refractivity contribution in [2.75, 3.05) is 38.8 Å². The van der Waals surface area contributed by atoms with Crippen LogP contribution in [0.4, 0.5) is 20.6 Å².